The Hall–Kier alpha value is -6.00. The van der Waals surface area contributed by atoms with Crippen LogP contribution in [-0.4, -0.2) is 0 Å². The van der Waals surface area contributed by atoms with Gasteiger partial charge in [0.15, 0.2) is 0 Å². The topological polar surface area (TPSA) is 3.24 Å². The van der Waals surface area contributed by atoms with E-state index in [1.807, 2.05) is 22.7 Å². The molecule has 10 aromatic rings. The third-order valence-electron chi connectivity index (χ3n) is 11.4. The first-order valence-corrected chi connectivity index (χ1v) is 19.8. The Labute approximate surface area is 316 Å². The lowest BCUT2D eigenvalue weighted by molar-refractivity contribution is 0.715. The van der Waals surface area contributed by atoms with Gasteiger partial charge in [-0.25, -0.2) is 0 Å². The molecule has 0 atom stereocenters. The average Bonchev–Trinajstić information content (AvgIpc) is 3.87. The van der Waals surface area contributed by atoms with Crippen LogP contribution in [0.15, 0.2) is 182 Å². The van der Waals surface area contributed by atoms with E-state index >= 15 is 0 Å². The van der Waals surface area contributed by atoms with Crippen LogP contribution in [0, 0.1) is 0 Å². The fourth-order valence-corrected chi connectivity index (χ4v) is 11.0. The zero-order chi connectivity index (χ0) is 35.1. The Morgan fingerprint density at radius 2 is 1.04 bits per heavy atom. The lowest BCUT2D eigenvalue weighted by Gasteiger charge is -2.28. The Bertz CT molecular complexity index is 2980. The summed E-state index contributed by atoms with van der Waals surface area (Å²) in [7, 11) is 0. The van der Waals surface area contributed by atoms with Crippen LogP contribution in [0.4, 0.5) is 17.1 Å². The van der Waals surface area contributed by atoms with Crippen molar-refractivity contribution in [2.75, 3.05) is 4.90 Å². The van der Waals surface area contributed by atoms with Gasteiger partial charge >= 0.3 is 0 Å². The molecule has 1 aliphatic carbocycles. The van der Waals surface area contributed by atoms with Crippen molar-refractivity contribution < 1.29 is 0 Å². The Morgan fingerprint density at radius 3 is 1.83 bits per heavy atom. The first kappa shape index (κ1) is 30.6. The number of thiophene rings is 2. The zero-order valence-corrected chi connectivity index (χ0v) is 30.7. The maximum absolute atomic E-state index is 2.47. The SMILES string of the molecule is CC1(c2ccc3c(c2)sc2cccc(N(c4ccc(-c5ccccc5)cc4)c4ccc5sc6ccccc6c5c4)c23)c2ccccc2-c2ccccc21. The smallest absolute Gasteiger partial charge is 0.0554 e. The third-order valence-corrected chi connectivity index (χ3v) is 13.6. The normalized spacial score (nSPS) is 13.2. The molecule has 250 valence electrons. The van der Waals surface area contributed by atoms with E-state index in [-0.39, 0.29) is 5.41 Å². The van der Waals surface area contributed by atoms with Crippen LogP contribution in [0.2, 0.25) is 0 Å². The summed E-state index contributed by atoms with van der Waals surface area (Å²) in [6, 6.07) is 67.4. The van der Waals surface area contributed by atoms with Gasteiger partial charge < -0.3 is 4.90 Å². The molecule has 0 N–H and O–H groups in total. The van der Waals surface area contributed by atoms with E-state index in [0.717, 1.165) is 11.4 Å². The summed E-state index contributed by atoms with van der Waals surface area (Å²) in [4.78, 5) is 2.47. The molecular formula is C50H33NS2. The van der Waals surface area contributed by atoms with Crippen molar-refractivity contribution in [3.05, 3.63) is 199 Å². The number of hydrogen-bond donors (Lipinski definition) is 0. The van der Waals surface area contributed by atoms with Crippen LogP contribution in [0.5, 0.6) is 0 Å². The fourth-order valence-electron chi connectivity index (χ4n) is 8.78. The van der Waals surface area contributed by atoms with Gasteiger partial charge in [0, 0.05) is 57.1 Å². The van der Waals surface area contributed by atoms with E-state index in [0.29, 0.717) is 0 Å². The van der Waals surface area contributed by atoms with Crippen LogP contribution in [0.1, 0.15) is 23.6 Å². The molecule has 0 spiro atoms. The van der Waals surface area contributed by atoms with Crippen molar-refractivity contribution >= 4 is 80.1 Å². The minimum atomic E-state index is -0.231. The molecule has 8 aromatic carbocycles. The summed E-state index contributed by atoms with van der Waals surface area (Å²) in [5.74, 6) is 0. The molecule has 0 aliphatic heterocycles. The fraction of sp³-hybridized carbons (Fsp3) is 0.0400. The summed E-state index contributed by atoms with van der Waals surface area (Å²) < 4.78 is 5.23. The van der Waals surface area contributed by atoms with Gasteiger partial charge in [0.05, 0.1) is 5.69 Å². The average molecular weight is 712 g/mol. The highest BCUT2D eigenvalue weighted by molar-refractivity contribution is 7.26. The number of fused-ring (bicyclic) bond motifs is 9. The van der Waals surface area contributed by atoms with Crippen LogP contribution < -0.4 is 4.90 Å². The van der Waals surface area contributed by atoms with Crippen molar-refractivity contribution in [3.63, 3.8) is 0 Å². The van der Waals surface area contributed by atoms with Crippen molar-refractivity contribution in [2.24, 2.45) is 0 Å². The summed E-state index contributed by atoms with van der Waals surface area (Å²) in [5.41, 5.74) is 12.5. The van der Waals surface area contributed by atoms with Gasteiger partial charge in [-0.2, -0.15) is 0 Å². The van der Waals surface area contributed by atoms with E-state index in [2.05, 4.69) is 194 Å². The van der Waals surface area contributed by atoms with E-state index in [1.54, 1.807) is 0 Å². The lowest BCUT2D eigenvalue weighted by atomic mass is 9.74. The van der Waals surface area contributed by atoms with E-state index < -0.39 is 0 Å². The molecule has 3 heteroatoms. The number of anilines is 3. The van der Waals surface area contributed by atoms with Crippen LogP contribution >= 0.6 is 22.7 Å². The quantitative estimate of drug-likeness (QED) is 0.172. The highest BCUT2D eigenvalue weighted by Gasteiger charge is 2.40. The van der Waals surface area contributed by atoms with Gasteiger partial charge in [-0.1, -0.05) is 127 Å². The van der Waals surface area contributed by atoms with Crippen LogP contribution in [-0.2, 0) is 5.41 Å². The highest BCUT2D eigenvalue weighted by Crippen LogP contribution is 2.54. The molecule has 0 radical (unpaired) electrons. The molecular weight excluding hydrogens is 679 g/mol. The maximum Gasteiger partial charge on any atom is 0.0554 e. The molecule has 0 amide bonds. The first-order valence-electron chi connectivity index (χ1n) is 18.2. The van der Waals surface area contributed by atoms with E-state index in [9.17, 15) is 0 Å². The minimum Gasteiger partial charge on any atom is -0.310 e. The summed E-state index contributed by atoms with van der Waals surface area (Å²) in [5, 5.41) is 5.19. The molecule has 2 heterocycles. The predicted molar refractivity (Wildman–Crippen MR) is 230 cm³/mol. The Balaban J connectivity index is 1.11. The van der Waals surface area contributed by atoms with Gasteiger partial charge in [0.25, 0.3) is 0 Å². The first-order chi connectivity index (χ1) is 26.1. The lowest BCUT2D eigenvalue weighted by Crippen LogP contribution is -2.22. The number of hydrogen-bond acceptors (Lipinski definition) is 3. The second-order valence-electron chi connectivity index (χ2n) is 14.2. The van der Waals surface area contributed by atoms with Gasteiger partial charge in [-0.3, -0.25) is 0 Å². The monoisotopic (exact) mass is 711 g/mol. The van der Waals surface area contributed by atoms with Gasteiger partial charge in [0.1, 0.15) is 0 Å². The predicted octanol–water partition coefficient (Wildman–Crippen LogP) is 14.9. The van der Waals surface area contributed by atoms with E-state index in [1.165, 1.54) is 85.0 Å². The van der Waals surface area contributed by atoms with Gasteiger partial charge in [0.2, 0.25) is 0 Å². The highest BCUT2D eigenvalue weighted by atomic mass is 32.1. The maximum atomic E-state index is 2.47. The third kappa shape index (κ3) is 4.61. The van der Waals surface area contributed by atoms with Crippen molar-refractivity contribution in [1.82, 2.24) is 0 Å². The second-order valence-corrected chi connectivity index (χ2v) is 16.4. The second kappa shape index (κ2) is 11.8. The molecule has 0 saturated heterocycles. The van der Waals surface area contributed by atoms with Crippen LogP contribution in [0.25, 0.3) is 62.6 Å². The number of benzene rings is 8. The molecule has 0 bridgehead atoms. The molecule has 0 saturated carbocycles. The number of rotatable bonds is 5. The summed E-state index contributed by atoms with van der Waals surface area (Å²) >= 11 is 3.76. The minimum absolute atomic E-state index is 0.231. The van der Waals surface area contributed by atoms with Crippen molar-refractivity contribution in [2.45, 2.75) is 12.3 Å². The Kier molecular flexibility index (Phi) is 6.79. The van der Waals surface area contributed by atoms with Crippen molar-refractivity contribution in [3.8, 4) is 22.3 Å². The molecule has 53 heavy (non-hydrogen) atoms. The molecule has 1 nitrogen and oxygen atoms in total. The van der Waals surface area contributed by atoms with Gasteiger partial charge in [-0.15, -0.1) is 22.7 Å². The zero-order valence-electron chi connectivity index (χ0n) is 29.1. The standard InChI is InChI=1S/C50H33NS2/c1-50(42-17-8-5-14-37(42)38-15-6-9-18-43(38)50)34-24-28-40-48(30-34)53-47-21-11-19-44(49(40)47)51(35-25-22-33(23-26-35)32-12-3-2-4-13-32)36-27-29-46-41(31-36)39-16-7-10-20-45(39)52-46/h2-31H,1H3. The largest absolute Gasteiger partial charge is 0.310 e. The molecule has 0 fully saturated rings. The molecule has 11 rings (SSSR count). The van der Waals surface area contributed by atoms with Crippen LogP contribution in [0.3, 0.4) is 0 Å². The summed E-state index contributed by atoms with van der Waals surface area (Å²) in [6.45, 7) is 2.41. The van der Waals surface area contributed by atoms with Gasteiger partial charge in [-0.05, 0) is 100 Å². The molecule has 2 aromatic heterocycles. The number of nitrogens with zero attached hydrogens (tertiary/aromatic N) is 1. The molecule has 1 aliphatic rings. The van der Waals surface area contributed by atoms with Crippen molar-refractivity contribution in [1.29, 1.82) is 0 Å². The summed E-state index contributed by atoms with van der Waals surface area (Å²) in [6.07, 6.45) is 0. The molecule has 0 unspecified atom stereocenters. The van der Waals surface area contributed by atoms with E-state index in [4.69, 9.17) is 0 Å². The Morgan fingerprint density at radius 1 is 0.415 bits per heavy atom.